The first-order chi connectivity index (χ1) is 5.77. The summed E-state index contributed by atoms with van der Waals surface area (Å²) in [6.45, 7) is 1.98. The third-order valence-corrected chi connectivity index (χ3v) is 2.55. The molecule has 0 saturated carbocycles. The quantitative estimate of drug-likeness (QED) is 0.687. The maximum Gasteiger partial charge on any atom is 0.160 e. The summed E-state index contributed by atoms with van der Waals surface area (Å²) < 4.78 is 1.21. The van der Waals surface area contributed by atoms with E-state index in [0.29, 0.717) is 0 Å². The zero-order valence-electron chi connectivity index (χ0n) is 6.58. The lowest BCUT2D eigenvalue weighted by Gasteiger charge is -1.99. The lowest BCUT2D eigenvalue weighted by atomic mass is 10.3. The molecule has 2 nitrogen and oxygen atoms in total. The number of rotatable bonds is 0. The standard InChI is InChI=1S/C9H7IN2/c1-6-5-8(10)7-3-2-4-11-9(7)12-6/h2-5H,1H3. The van der Waals surface area contributed by atoms with Gasteiger partial charge in [0.1, 0.15) is 0 Å². The van der Waals surface area contributed by atoms with Crippen LogP contribution in [0.1, 0.15) is 5.69 Å². The van der Waals surface area contributed by atoms with Crippen LogP contribution in [0.3, 0.4) is 0 Å². The van der Waals surface area contributed by atoms with E-state index in [1.54, 1.807) is 6.20 Å². The van der Waals surface area contributed by atoms with Crippen molar-refractivity contribution in [1.82, 2.24) is 9.97 Å². The molecule has 0 N–H and O–H groups in total. The molecule has 0 atom stereocenters. The zero-order chi connectivity index (χ0) is 8.55. The van der Waals surface area contributed by atoms with Gasteiger partial charge in [0, 0.05) is 20.8 Å². The van der Waals surface area contributed by atoms with E-state index in [4.69, 9.17) is 0 Å². The Bertz CT molecular complexity index is 426. The lowest BCUT2D eigenvalue weighted by molar-refractivity contribution is 1.20. The number of aryl methyl sites for hydroxylation is 1. The van der Waals surface area contributed by atoms with Crippen LogP contribution in [-0.4, -0.2) is 9.97 Å². The van der Waals surface area contributed by atoms with Crippen LogP contribution < -0.4 is 0 Å². The Labute approximate surface area is 84.2 Å². The number of hydrogen-bond donors (Lipinski definition) is 0. The fourth-order valence-corrected chi connectivity index (χ4v) is 2.00. The molecule has 2 aromatic heterocycles. The molecule has 0 spiro atoms. The maximum absolute atomic E-state index is 4.32. The van der Waals surface area contributed by atoms with Gasteiger partial charge in [0.25, 0.3) is 0 Å². The van der Waals surface area contributed by atoms with E-state index in [1.807, 2.05) is 19.1 Å². The molecule has 0 aliphatic carbocycles. The second-order valence-corrected chi connectivity index (χ2v) is 3.78. The predicted molar refractivity (Wildman–Crippen MR) is 57.0 cm³/mol. The summed E-state index contributed by atoms with van der Waals surface area (Å²) in [5.74, 6) is 0. The zero-order valence-corrected chi connectivity index (χ0v) is 8.74. The van der Waals surface area contributed by atoms with Crippen LogP contribution in [0.25, 0.3) is 11.0 Å². The fraction of sp³-hybridized carbons (Fsp3) is 0.111. The third kappa shape index (κ3) is 1.29. The van der Waals surface area contributed by atoms with Crippen molar-refractivity contribution in [2.45, 2.75) is 6.92 Å². The highest BCUT2D eigenvalue weighted by Crippen LogP contribution is 2.17. The minimum absolute atomic E-state index is 0.835. The number of aromatic nitrogens is 2. The molecule has 0 saturated heterocycles. The molecule has 3 heteroatoms. The molecule has 0 aliphatic heterocycles. The van der Waals surface area contributed by atoms with Gasteiger partial charge in [0.15, 0.2) is 5.65 Å². The van der Waals surface area contributed by atoms with Crippen molar-refractivity contribution in [3.63, 3.8) is 0 Å². The van der Waals surface area contributed by atoms with Gasteiger partial charge in [-0.15, -0.1) is 0 Å². The minimum Gasteiger partial charge on any atom is -0.237 e. The van der Waals surface area contributed by atoms with E-state index in [0.717, 1.165) is 16.7 Å². The van der Waals surface area contributed by atoms with Crippen LogP contribution in [0.4, 0.5) is 0 Å². The molecule has 0 amide bonds. The van der Waals surface area contributed by atoms with Gasteiger partial charge in [0.05, 0.1) is 0 Å². The SMILES string of the molecule is Cc1cc(I)c2cccnc2n1. The van der Waals surface area contributed by atoms with Crippen LogP contribution in [0.2, 0.25) is 0 Å². The summed E-state index contributed by atoms with van der Waals surface area (Å²) in [5.41, 5.74) is 1.85. The van der Waals surface area contributed by atoms with Gasteiger partial charge in [-0.3, -0.25) is 0 Å². The van der Waals surface area contributed by atoms with Gasteiger partial charge < -0.3 is 0 Å². The number of halogens is 1. The first-order valence-corrected chi connectivity index (χ1v) is 4.73. The van der Waals surface area contributed by atoms with Gasteiger partial charge in [-0.1, -0.05) is 0 Å². The third-order valence-electron chi connectivity index (χ3n) is 1.66. The van der Waals surface area contributed by atoms with Gasteiger partial charge in [-0.2, -0.15) is 0 Å². The smallest absolute Gasteiger partial charge is 0.160 e. The Balaban J connectivity index is 2.89. The van der Waals surface area contributed by atoms with Crippen LogP contribution in [-0.2, 0) is 0 Å². The van der Waals surface area contributed by atoms with E-state index in [-0.39, 0.29) is 0 Å². The van der Waals surface area contributed by atoms with Gasteiger partial charge in [-0.05, 0) is 47.7 Å². The molecule has 0 aromatic carbocycles. The lowest BCUT2D eigenvalue weighted by Crippen LogP contribution is -1.88. The minimum atomic E-state index is 0.835. The van der Waals surface area contributed by atoms with Crippen LogP contribution in [0.5, 0.6) is 0 Å². The molecule has 0 radical (unpaired) electrons. The highest BCUT2D eigenvalue weighted by atomic mass is 127. The average Bonchev–Trinajstić information content (AvgIpc) is 2.04. The summed E-state index contributed by atoms with van der Waals surface area (Å²) in [6, 6.07) is 6.03. The molecule has 2 aromatic rings. The van der Waals surface area contributed by atoms with Crippen LogP contribution in [0.15, 0.2) is 24.4 Å². The first-order valence-electron chi connectivity index (χ1n) is 3.65. The molecule has 12 heavy (non-hydrogen) atoms. The Morgan fingerprint density at radius 2 is 2.25 bits per heavy atom. The number of pyridine rings is 2. The second kappa shape index (κ2) is 2.97. The van der Waals surface area contributed by atoms with E-state index in [2.05, 4.69) is 38.6 Å². The molecule has 0 fully saturated rings. The number of hydrogen-bond acceptors (Lipinski definition) is 2. The second-order valence-electron chi connectivity index (χ2n) is 2.62. The molecule has 60 valence electrons. The first kappa shape index (κ1) is 7.91. The molecule has 2 heterocycles. The van der Waals surface area contributed by atoms with Crippen LogP contribution >= 0.6 is 22.6 Å². The summed E-state index contributed by atoms with van der Waals surface area (Å²) in [4.78, 5) is 8.51. The van der Waals surface area contributed by atoms with Crippen molar-refractivity contribution in [3.05, 3.63) is 33.7 Å². The fourth-order valence-electron chi connectivity index (χ4n) is 1.13. The highest BCUT2D eigenvalue weighted by Gasteiger charge is 1.99. The Morgan fingerprint density at radius 1 is 1.42 bits per heavy atom. The van der Waals surface area contributed by atoms with Crippen molar-refractivity contribution in [1.29, 1.82) is 0 Å². The van der Waals surface area contributed by atoms with Gasteiger partial charge >= 0.3 is 0 Å². The monoisotopic (exact) mass is 270 g/mol. The number of fused-ring (bicyclic) bond motifs is 1. The Morgan fingerprint density at radius 3 is 3.08 bits per heavy atom. The topological polar surface area (TPSA) is 25.8 Å². The average molecular weight is 270 g/mol. The Hall–Kier alpha value is -0.710. The van der Waals surface area contributed by atoms with Crippen molar-refractivity contribution < 1.29 is 0 Å². The highest BCUT2D eigenvalue weighted by molar-refractivity contribution is 14.1. The maximum atomic E-state index is 4.32. The molecule has 0 unspecified atom stereocenters. The number of nitrogens with zero attached hydrogens (tertiary/aromatic N) is 2. The normalized spacial score (nSPS) is 10.5. The molecule has 0 aliphatic rings. The Kier molecular flexibility index (Phi) is 1.96. The van der Waals surface area contributed by atoms with Gasteiger partial charge in [0.2, 0.25) is 0 Å². The van der Waals surface area contributed by atoms with E-state index < -0.39 is 0 Å². The van der Waals surface area contributed by atoms with Gasteiger partial charge in [-0.25, -0.2) is 9.97 Å². The molecule has 0 bridgehead atoms. The summed E-state index contributed by atoms with van der Waals surface area (Å²) >= 11 is 2.30. The summed E-state index contributed by atoms with van der Waals surface area (Å²) in [7, 11) is 0. The molecular formula is C9H7IN2. The van der Waals surface area contributed by atoms with Crippen LogP contribution in [0, 0.1) is 10.5 Å². The predicted octanol–water partition coefficient (Wildman–Crippen LogP) is 2.54. The molecule has 2 rings (SSSR count). The van der Waals surface area contributed by atoms with E-state index >= 15 is 0 Å². The van der Waals surface area contributed by atoms with Crippen molar-refractivity contribution in [3.8, 4) is 0 Å². The van der Waals surface area contributed by atoms with Crippen molar-refractivity contribution in [2.75, 3.05) is 0 Å². The van der Waals surface area contributed by atoms with Crippen molar-refractivity contribution in [2.24, 2.45) is 0 Å². The van der Waals surface area contributed by atoms with Crippen molar-refractivity contribution >= 4 is 33.6 Å². The van der Waals surface area contributed by atoms with E-state index in [9.17, 15) is 0 Å². The van der Waals surface area contributed by atoms with E-state index in [1.165, 1.54) is 3.57 Å². The summed E-state index contributed by atoms with van der Waals surface area (Å²) in [6.07, 6.45) is 1.77. The molecular weight excluding hydrogens is 263 g/mol. The summed E-state index contributed by atoms with van der Waals surface area (Å²) in [5, 5.41) is 1.13. The largest absolute Gasteiger partial charge is 0.237 e.